The fourth-order valence-electron chi connectivity index (χ4n) is 4.39. The van der Waals surface area contributed by atoms with Crippen LogP contribution in [0.3, 0.4) is 0 Å². The molecule has 0 radical (unpaired) electrons. The Hall–Kier alpha value is -2.65. The zero-order chi connectivity index (χ0) is 17.5. The molecule has 3 heteroatoms. The molecule has 2 aliphatic heterocycles. The molecule has 1 saturated heterocycles. The number of hydrogen-bond donors (Lipinski definition) is 1. The van der Waals surface area contributed by atoms with E-state index in [9.17, 15) is 0 Å². The number of rotatable bonds is 3. The van der Waals surface area contributed by atoms with E-state index in [1.807, 2.05) is 0 Å². The van der Waals surface area contributed by atoms with Crippen LogP contribution in [0.25, 0.3) is 22.5 Å². The summed E-state index contributed by atoms with van der Waals surface area (Å²) in [7, 11) is 0. The van der Waals surface area contributed by atoms with Crippen LogP contribution in [0, 0.1) is 6.92 Å². The highest BCUT2D eigenvalue weighted by Crippen LogP contribution is 2.37. The molecular weight excluding hydrogens is 318 g/mol. The van der Waals surface area contributed by atoms with Crippen molar-refractivity contribution in [3.05, 3.63) is 78.0 Å². The van der Waals surface area contributed by atoms with Crippen LogP contribution in [-0.2, 0) is 0 Å². The molecular formula is C23H23N3. The van der Waals surface area contributed by atoms with E-state index in [1.54, 1.807) is 0 Å². The van der Waals surface area contributed by atoms with Crippen LogP contribution in [0.4, 0.5) is 0 Å². The Morgan fingerprint density at radius 3 is 2.42 bits per heavy atom. The number of nitrogens with zero attached hydrogens (tertiary/aromatic N) is 2. The first-order chi connectivity index (χ1) is 12.8. The first kappa shape index (κ1) is 15.6. The molecule has 130 valence electrons. The maximum absolute atomic E-state index is 5.10. The predicted molar refractivity (Wildman–Crippen MR) is 106 cm³/mol. The van der Waals surface area contributed by atoms with Gasteiger partial charge in [0.25, 0.3) is 0 Å². The third-order valence-electron chi connectivity index (χ3n) is 5.62. The lowest BCUT2D eigenvalue weighted by molar-refractivity contribution is 0.573. The van der Waals surface area contributed by atoms with E-state index in [4.69, 9.17) is 5.10 Å². The maximum Gasteiger partial charge on any atom is 0.0921 e. The summed E-state index contributed by atoms with van der Waals surface area (Å²) in [5, 5.41) is 8.78. The summed E-state index contributed by atoms with van der Waals surface area (Å²) in [6.45, 7) is 2.22. The van der Waals surface area contributed by atoms with Crippen LogP contribution in [0.2, 0.25) is 0 Å². The maximum atomic E-state index is 5.10. The van der Waals surface area contributed by atoms with Gasteiger partial charge in [0.05, 0.1) is 17.1 Å². The topological polar surface area (TPSA) is 29.9 Å². The van der Waals surface area contributed by atoms with Gasteiger partial charge in [0.2, 0.25) is 0 Å². The molecule has 0 amide bonds. The van der Waals surface area contributed by atoms with Gasteiger partial charge >= 0.3 is 0 Å². The van der Waals surface area contributed by atoms with Gasteiger partial charge in [-0.1, -0.05) is 54.6 Å². The minimum Gasteiger partial charge on any atom is -0.307 e. The minimum absolute atomic E-state index is 0.519. The summed E-state index contributed by atoms with van der Waals surface area (Å²) in [5.74, 6) is 0. The van der Waals surface area contributed by atoms with Crippen LogP contribution >= 0.6 is 0 Å². The summed E-state index contributed by atoms with van der Waals surface area (Å²) in [6.07, 6.45) is 6.01. The SMILES string of the molecule is Cc1c(C2=CC3CCC(C2)N3)nn(-c2ccccc2)c1-c1ccccc1. The highest BCUT2D eigenvalue weighted by molar-refractivity contribution is 5.76. The molecule has 2 unspecified atom stereocenters. The summed E-state index contributed by atoms with van der Waals surface area (Å²) >= 11 is 0. The molecule has 2 atom stereocenters. The monoisotopic (exact) mass is 341 g/mol. The van der Waals surface area contributed by atoms with Crippen LogP contribution in [0.5, 0.6) is 0 Å². The molecule has 3 aromatic rings. The molecule has 1 aromatic heterocycles. The van der Waals surface area contributed by atoms with Gasteiger partial charge in [-0.05, 0) is 43.9 Å². The Bertz CT molecular complexity index is 954. The molecule has 1 N–H and O–H groups in total. The molecule has 2 bridgehead atoms. The van der Waals surface area contributed by atoms with E-state index in [0.29, 0.717) is 12.1 Å². The summed E-state index contributed by atoms with van der Waals surface area (Å²) in [5.41, 5.74) is 7.35. The van der Waals surface area contributed by atoms with Gasteiger partial charge in [-0.2, -0.15) is 5.10 Å². The molecule has 2 aromatic carbocycles. The largest absolute Gasteiger partial charge is 0.307 e. The van der Waals surface area contributed by atoms with Crippen LogP contribution in [0.15, 0.2) is 66.7 Å². The third-order valence-corrected chi connectivity index (χ3v) is 5.62. The van der Waals surface area contributed by atoms with Crippen molar-refractivity contribution < 1.29 is 0 Å². The summed E-state index contributed by atoms with van der Waals surface area (Å²) < 4.78 is 2.12. The van der Waals surface area contributed by atoms with Gasteiger partial charge in [-0.25, -0.2) is 4.68 Å². The zero-order valence-electron chi connectivity index (χ0n) is 15.0. The van der Waals surface area contributed by atoms with Gasteiger partial charge < -0.3 is 5.32 Å². The molecule has 3 nitrogen and oxygen atoms in total. The molecule has 1 fully saturated rings. The second-order valence-electron chi connectivity index (χ2n) is 7.38. The van der Waals surface area contributed by atoms with Crippen molar-refractivity contribution in [2.45, 2.75) is 38.3 Å². The minimum atomic E-state index is 0.519. The number of hydrogen-bond acceptors (Lipinski definition) is 2. The number of benzene rings is 2. The summed E-state index contributed by atoms with van der Waals surface area (Å²) in [6, 6.07) is 22.2. The fraction of sp³-hybridized carbons (Fsp3) is 0.261. The van der Waals surface area contributed by atoms with E-state index < -0.39 is 0 Å². The smallest absolute Gasteiger partial charge is 0.0921 e. The number of fused-ring (bicyclic) bond motifs is 2. The van der Waals surface area contributed by atoms with E-state index in [-0.39, 0.29) is 0 Å². The van der Waals surface area contributed by atoms with E-state index in [2.05, 4.69) is 83.7 Å². The number of aromatic nitrogens is 2. The van der Waals surface area contributed by atoms with Crippen LogP contribution in [-0.4, -0.2) is 21.9 Å². The van der Waals surface area contributed by atoms with Crippen molar-refractivity contribution in [3.63, 3.8) is 0 Å². The number of para-hydroxylation sites is 1. The molecule has 3 heterocycles. The lowest BCUT2D eigenvalue weighted by Gasteiger charge is -2.20. The molecule has 5 rings (SSSR count). The molecule has 0 aliphatic carbocycles. The Labute approximate surface area is 154 Å². The predicted octanol–water partition coefficient (Wildman–Crippen LogP) is 4.76. The molecule has 0 saturated carbocycles. The Kier molecular flexibility index (Phi) is 3.75. The van der Waals surface area contributed by atoms with Crippen LogP contribution < -0.4 is 5.32 Å². The highest BCUT2D eigenvalue weighted by atomic mass is 15.3. The van der Waals surface area contributed by atoms with E-state index in [0.717, 1.165) is 17.8 Å². The first-order valence-corrected chi connectivity index (χ1v) is 9.47. The second-order valence-corrected chi connectivity index (χ2v) is 7.38. The van der Waals surface area contributed by atoms with Gasteiger partial charge in [0.1, 0.15) is 0 Å². The van der Waals surface area contributed by atoms with Gasteiger partial charge in [0, 0.05) is 23.2 Å². The third kappa shape index (κ3) is 2.60. The molecule has 26 heavy (non-hydrogen) atoms. The van der Waals surface area contributed by atoms with Crippen molar-refractivity contribution in [2.24, 2.45) is 0 Å². The molecule has 2 aliphatic rings. The van der Waals surface area contributed by atoms with Crippen molar-refractivity contribution in [1.29, 1.82) is 0 Å². The highest BCUT2D eigenvalue weighted by Gasteiger charge is 2.30. The van der Waals surface area contributed by atoms with Crippen molar-refractivity contribution >= 4 is 5.57 Å². The lowest BCUT2D eigenvalue weighted by atomic mass is 9.96. The molecule has 0 spiro atoms. The van der Waals surface area contributed by atoms with E-state index in [1.165, 1.54) is 35.2 Å². The second kappa shape index (κ2) is 6.26. The average Bonchev–Trinajstić information content (AvgIpc) is 3.22. The average molecular weight is 341 g/mol. The Morgan fingerprint density at radius 2 is 1.69 bits per heavy atom. The van der Waals surface area contributed by atoms with Gasteiger partial charge in [-0.15, -0.1) is 0 Å². The van der Waals surface area contributed by atoms with Crippen molar-refractivity contribution in [2.75, 3.05) is 0 Å². The van der Waals surface area contributed by atoms with Gasteiger partial charge in [-0.3, -0.25) is 0 Å². The lowest BCUT2D eigenvalue weighted by Crippen LogP contribution is -2.32. The van der Waals surface area contributed by atoms with Crippen molar-refractivity contribution in [1.82, 2.24) is 15.1 Å². The van der Waals surface area contributed by atoms with Crippen molar-refractivity contribution in [3.8, 4) is 16.9 Å². The summed E-state index contributed by atoms with van der Waals surface area (Å²) in [4.78, 5) is 0. The zero-order valence-corrected chi connectivity index (χ0v) is 15.0. The number of nitrogens with one attached hydrogen (secondary N) is 1. The first-order valence-electron chi connectivity index (χ1n) is 9.47. The standard InChI is InChI=1S/C23H23N3/c1-16-22(18-14-19-12-13-20(15-18)24-19)25-26(21-10-6-3-7-11-21)23(16)17-8-4-2-5-9-17/h2-11,14,19-20,24H,12-13,15H2,1H3. The quantitative estimate of drug-likeness (QED) is 0.745. The normalized spacial score (nSPS) is 21.7. The Morgan fingerprint density at radius 1 is 0.962 bits per heavy atom. The Balaban J connectivity index is 1.69. The van der Waals surface area contributed by atoms with Crippen LogP contribution in [0.1, 0.15) is 30.5 Å². The fourth-order valence-corrected chi connectivity index (χ4v) is 4.39. The van der Waals surface area contributed by atoms with E-state index >= 15 is 0 Å². The van der Waals surface area contributed by atoms with Gasteiger partial charge in [0.15, 0.2) is 0 Å².